The molecular formula is C14H12F6NO3-. The quantitative estimate of drug-likeness (QED) is 0.834. The lowest BCUT2D eigenvalue weighted by molar-refractivity contribution is -0.376. The molecule has 0 unspecified atom stereocenters. The Morgan fingerprint density at radius 3 is 2.25 bits per heavy atom. The highest BCUT2D eigenvalue weighted by Crippen LogP contribution is 2.50. The van der Waals surface area contributed by atoms with Crippen molar-refractivity contribution in [3.05, 3.63) is 29.3 Å². The largest absolute Gasteiger partial charge is 0.548 e. The van der Waals surface area contributed by atoms with Gasteiger partial charge in [-0.2, -0.15) is 26.3 Å². The number of hydrogen-bond acceptors (Lipinski definition) is 4. The number of nitrogens with zero attached hydrogens (tertiary/aromatic N) is 1. The minimum atomic E-state index is -5.96. The number of benzene rings is 1. The molecule has 0 aromatic heterocycles. The Hall–Kier alpha value is -1.97. The van der Waals surface area contributed by atoms with Crippen molar-refractivity contribution < 1.29 is 41.4 Å². The van der Waals surface area contributed by atoms with Crippen molar-refractivity contribution in [3.8, 4) is 0 Å². The Kier molecular flexibility index (Phi) is 4.47. The topological polar surface area (TPSA) is 63.6 Å². The van der Waals surface area contributed by atoms with Crippen LogP contribution in [-0.2, 0) is 16.8 Å². The molecule has 134 valence electrons. The van der Waals surface area contributed by atoms with Crippen LogP contribution >= 0.6 is 0 Å². The normalized spacial score (nSPS) is 16.0. The molecule has 10 heteroatoms. The number of anilines is 1. The van der Waals surface area contributed by atoms with Crippen LogP contribution in [0.5, 0.6) is 0 Å². The summed E-state index contributed by atoms with van der Waals surface area (Å²) in [4.78, 5) is 12.0. The summed E-state index contributed by atoms with van der Waals surface area (Å²) < 4.78 is 77.4. The number of carbonyl (C=O) groups is 1. The lowest BCUT2D eigenvalue weighted by atomic mass is 9.88. The van der Waals surface area contributed by atoms with Crippen LogP contribution in [0, 0.1) is 0 Å². The van der Waals surface area contributed by atoms with Gasteiger partial charge in [-0.3, -0.25) is 0 Å². The molecule has 1 heterocycles. The second-order valence-corrected chi connectivity index (χ2v) is 5.45. The lowest BCUT2D eigenvalue weighted by Crippen LogP contribution is -2.54. The van der Waals surface area contributed by atoms with Crippen molar-refractivity contribution in [1.82, 2.24) is 0 Å². The summed E-state index contributed by atoms with van der Waals surface area (Å²) in [7, 11) is 0. The van der Waals surface area contributed by atoms with E-state index in [9.17, 15) is 41.4 Å². The smallest absolute Gasteiger partial charge is 0.430 e. The van der Waals surface area contributed by atoms with Gasteiger partial charge in [0.2, 0.25) is 0 Å². The van der Waals surface area contributed by atoms with E-state index in [4.69, 9.17) is 0 Å². The van der Waals surface area contributed by atoms with E-state index in [0.717, 1.165) is 6.07 Å². The molecule has 1 aromatic rings. The second-order valence-electron chi connectivity index (χ2n) is 5.45. The third-order valence-electron chi connectivity index (χ3n) is 3.85. The number of aliphatic hydroxyl groups is 1. The van der Waals surface area contributed by atoms with Crippen LogP contribution in [0.15, 0.2) is 18.2 Å². The maximum atomic E-state index is 12.9. The molecule has 0 saturated carbocycles. The SMILES string of the molecule is O=C([O-])CN1CCCc2cc(C(O)(C(F)(F)F)C(F)(F)F)ccc21. The standard InChI is InChI=1S/C14H13F6NO3/c15-13(16,17)12(24,14(18,19)20)9-3-4-10-8(6-9)2-1-5-21(10)7-11(22)23/h3-4,6,24H,1-2,5,7H2,(H,22,23)/p-1. The van der Waals surface area contributed by atoms with Crippen molar-refractivity contribution in [3.63, 3.8) is 0 Å². The van der Waals surface area contributed by atoms with Crippen LogP contribution < -0.4 is 10.0 Å². The summed E-state index contributed by atoms with van der Waals surface area (Å²) in [6, 6.07) is 2.08. The minimum Gasteiger partial charge on any atom is -0.548 e. The number of hydrogen-bond donors (Lipinski definition) is 1. The van der Waals surface area contributed by atoms with Gasteiger partial charge >= 0.3 is 12.4 Å². The summed E-state index contributed by atoms with van der Waals surface area (Å²) in [5.41, 5.74) is -6.03. The predicted molar refractivity (Wildman–Crippen MR) is 68.0 cm³/mol. The first kappa shape index (κ1) is 18.4. The fourth-order valence-electron chi connectivity index (χ4n) is 2.71. The third kappa shape index (κ3) is 3.02. The van der Waals surface area contributed by atoms with Crippen LogP contribution in [0.1, 0.15) is 17.5 Å². The number of carboxylic acid groups (broad SMARTS) is 1. The van der Waals surface area contributed by atoms with Crippen LogP contribution in [-0.4, -0.2) is 36.5 Å². The highest BCUT2D eigenvalue weighted by atomic mass is 19.4. The second kappa shape index (κ2) is 5.83. The van der Waals surface area contributed by atoms with Crippen LogP contribution in [0.3, 0.4) is 0 Å². The van der Waals surface area contributed by atoms with E-state index in [-0.39, 0.29) is 24.2 Å². The average Bonchev–Trinajstić information content (AvgIpc) is 2.43. The summed E-state index contributed by atoms with van der Waals surface area (Å²) in [6.07, 6.45) is -11.4. The van der Waals surface area contributed by atoms with Crippen LogP contribution in [0.25, 0.3) is 0 Å². The van der Waals surface area contributed by atoms with E-state index < -0.39 is 36.0 Å². The molecule has 1 aromatic carbocycles. The van der Waals surface area contributed by atoms with E-state index in [1.54, 1.807) is 0 Å². The molecule has 1 aliphatic heterocycles. The summed E-state index contributed by atoms with van der Waals surface area (Å²) >= 11 is 0. The average molecular weight is 356 g/mol. The molecule has 24 heavy (non-hydrogen) atoms. The number of aliphatic carboxylic acids is 1. The Labute approximate surface area is 132 Å². The molecule has 0 bridgehead atoms. The van der Waals surface area contributed by atoms with Crippen molar-refractivity contribution in [1.29, 1.82) is 0 Å². The molecule has 0 atom stereocenters. The maximum Gasteiger partial charge on any atom is 0.430 e. The van der Waals surface area contributed by atoms with Gasteiger partial charge in [-0.25, -0.2) is 0 Å². The number of carbonyl (C=O) groups excluding carboxylic acids is 1. The van der Waals surface area contributed by atoms with Crippen molar-refractivity contribution in [2.45, 2.75) is 30.8 Å². The molecule has 0 spiro atoms. The molecule has 4 nitrogen and oxygen atoms in total. The molecule has 0 radical (unpaired) electrons. The monoisotopic (exact) mass is 356 g/mol. The van der Waals surface area contributed by atoms with E-state index in [0.29, 0.717) is 18.6 Å². The van der Waals surface area contributed by atoms with Gasteiger partial charge in [-0.15, -0.1) is 0 Å². The number of halogens is 6. The van der Waals surface area contributed by atoms with Crippen molar-refractivity contribution in [2.75, 3.05) is 18.0 Å². The van der Waals surface area contributed by atoms with Crippen molar-refractivity contribution in [2.24, 2.45) is 0 Å². The molecule has 1 aliphatic rings. The fraction of sp³-hybridized carbons (Fsp3) is 0.500. The Morgan fingerprint density at radius 2 is 1.75 bits per heavy atom. The molecule has 2 rings (SSSR count). The van der Waals surface area contributed by atoms with Gasteiger partial charge < -0.3 is 19.9 Å². The van der Waals surface area contributed by atoms with E-state index in [2.05, 4.69) is 0 Å². The summed E-state index contributed by atoms with van der Waals surface area (Å²) in [5.74, 6) is -1.42. The molecule has 0 saturated heterocycles. The van der Waals surface area contributed by atoms with Crippen LogP contribution in [0.4, 0.5) is 32.0 Å². The van der Waals surface area contributed by atoms with Gasteiger partial charge in [0.05, 0.1) is 12.5 Å². The van der Waals surface area contributed by atoms with Crippen LogP contribution in [0.2, 0.25) is 0 Å². The van der Waals surface area contributed by atoms with Gasteiger partial charge in [0, 0.05) is 17.8 Å². The number of fused-ring (bicyclic) bond motifs is 1. The predicted octanol–water partition coefficient (Wildman–Crippen LogP) is 1.50. The van der Waals surface area contributed by atoms with Gasteiger partial charge in [-0.05, 0) is 24.5 Å². The molecule has 1 N–H and O–H groups in total. The molecule has 0 fully saturated rings. The highest BCUT2D eigenvalue weighted by molar-refractivity contribution is 5.73. The number of aryl methyl sites for hydroxylation is 1. The zero-order valence-electron chi connectivity index (χ0n) is 12.0. The molecule has 0 amide bonds. The maximum absolute atomic E-state index is 12.9. The number of carboxylic acids is 1. The number of alkyl halides is 6. The first-order valence-corrected chi connectivity index (χ1v) is 6.82. The van der Waals surface area contributed by atoms with Gasteiger partial charge in [0.25, 0.3) is 5.60 Å². The summed E-state index contributed by atoms with van der Waals surface area (Å²) in [5, 5.41) is 20.1. The highest BCUT2D eigenvalue weighted by Gasteiger charge is 2.71. The Bertz CT molecular complexity index is 626. The third-order valence-corrected chi connectivity index (χ3v) is 3.85. The zero-order chi connectivity index (χ0) is 18.3. The van der Waals surface area contributed by atoms with Gasteiger partial charge in [-0.1, -0.05) is 12.1 Å². The first-order chi connectivity index (χ1) is 10.9. The molecule has 0 aliphatic carbocycles. The van der Waals surface area contributed by atoms with E-state index >= 15 is 0 Å². The lowest BCUT2D eigenvalue weighted by Gasteiger charge is -2.35. The van der Waals surface area contributed by atoms with Crippen molar-refractivity contribution >= 4 is 11.7 Å². The van der Waals surface area contributed by atoms with E-state index in [1.807, 2.05) is 0 Å². The minimum absolute atomic E-state index is 0.104. The Morgan fingerprint density at radius 1 is 1.17 bits per heavy atom. The first-order valence-electron chi connectivity index (χ1n) is 6.82. The number of rotatable bonds is 3. The summed E-state index contributed by atoms with van der Waals surface area (Å²) in [6.45, 7) is -0.252. The molecular weight excluding hydrogens is 344 g/mol. The zero-order valence-corrected chi connectivity index (χ0v) is 12.0. The Balaban J connectivity index is 2.52. The van der Waals surface area contributed by atoms with Gasteiger partial charge in [0.15, 0.2) is 0 Å². The fourth-order valence-corrected chi connectivity index (χ4v) is 2.71. The van der Waals surface area contributed by atoms with E-state index in [1.165, 1.54) is 4.90 Å². The van der Waals surface area contributed by atoms with Gasteiger partial charge in [0.1, 0.15) is 0 Å².